The topological polar surface area (TPSA) is 35.5 Å². The van der Waals surface area contributed by atoms with Crippen LogP contribution in [0.4, 0.5) is 0 Å². The standard InChI is InChI=1S/C12H24N2O/c1-2-3-10-4-5-14(8-10)9-11-6-12(15)7-13-11/h10-13,15H,2-9H2,1H3. The molecule has 3 atom stereocenters. The molecule has 3 nitrogen and oxygen atoms in total. The molecule has 2 heterocycles. The van der Waals surface area contributed by atoms with Gasteiger partial charge in [0, 0.05) is 25.7 Å². The maximum atomic E-state index is 9.43. The van der Waals surface area contributed by atoms with Crippen LogP contribution in [0.5, 0.6) is 0 Å². The van der Waals surface area contributed by atoms with Crippen molar-refractivity contribution in [2.75, 3.05) is 26.2 Å². The number of aliphatic hydroxyl groups is 1. The molecule has 0 aromatic carbocycles. The second-order valence-corrected chi connectivity index (χ2v) is 5.20. The van der Waals surface area contributed by atoms with Crippen LogP contribution in [-0.4, -0.2) is 48.3 Å². The van der Waals surface area contributed by atoms with Crippen LogP contribution in [0.2, 0.25) is 0 Å². The lowest BCUT2D eigenvalue weighted by Gasteiger charge is -2.20. The molecular weight excluding hydrogens is 188 g/mol. The monoisotopic (exact) mass is 212 g/mol. The van der Waals surface area contributed by atoms with Crippen molar-refractivity contribution in [2.45, 2.75) is 44.8 Å². The van der Waals surface area contributed by atoms with Crippen LogP contribution < -0.4 is 5.32 Å². The van der Waals surface area contributed by atoms with Crippen molar-refractivity contribution >= 4 is 0 Å². The van der Waals surface area contributed by atoms with E-state index in [1.54, 1.807) is 0 Å². The maximum absolute atomic E-state index is 9.43. The predicted molar refractivity (Wildman–Crippen MR) is 61.9 cm³/mol. The number of nitrogens with one attached hydrogen (secondary N) is 1. The van der Waals surface area contributed by atoms with Crippen LogP contribution in [0, 0.1) is 5.92 Å². The van der Waals surface area contributed by atoms with Crippen molar-refractivity contribution in [2.24, 2.45) is 5.92 Å². The maximum Gasteiger partial charge on any atom is 0.0680 e. The van der Waals surface area contributed by atoms with E-state index >= 15 is 0 Å². The summed E-state index contributed by atoms with van der Waals surface area (Å²) in [6, 6.07) is 0.528. The Labute approximate surface area is 92.8 Å². The normalized spacial score (nSPS) is 37.6. The van der Waals surface area contributed by atoms with Gasteiger partial charge in [-0.05, 0) is 31.7 Å². The lowest BCUT2D eigenvalue weighted by molar-refractivity contribution is 0.189. The van der Waals surface area contributed by atoms with Crippen molar-refractivity contribution in [1.29, 1.82) is 0 Å². The predicted octanol–water partition coefficient (Wildman–Crippen LogP) is 0.831. The van der Waals surface area contributed by atoms with E-state index < -0.39 is 0 Å². The van der Waals surface area contributed by atoms with E-state index in [1.165, 1.54) is 32.4 Å². The fourth-order valence-corrected chi connectivity index (χ4v) is 2.97. The van der Waals surface area contributed by atoms with Gasteiger partial charge >= 0.3 is 0 Å². The number of hydrogen-bond acceptors (Lipinski definition) is 3. The Hall–Kier alpha value is -0.120. The summed E-state index contributed by atoms with van der Waals surface area (Å²) in [4.78, 5) is 2.57. The highest BCUT2D eigenvalue weighted by atomic mass is 16.3. The zero-order valence-corrected chi connectivity index (χ0v) is 9.78. The largest absolute Gasteiger partial charge is 0.392 e. The minimum Gasteiger partial charge on any atom is -0.392 e. The van der Waals surface area contributed by atoms with Crippen molar-refractivity contribution in [3.05, 3.63) is 0 Å². The second kappa shape index (κ2) is 5.28. The molecule has 2 aliphatic rings. The smallest absolute Gasteiger partial charge is 0.0680 e. The van der Waals surface area contributed by atoms with Gasteiger partial charge in [0.05, 0.1) is 6.10 Å². The summed E-state index contributed by atoms with van der Waals surface area (Å²) < 4.78 is 0. The van der Waals surface area contributed by atoms with Gasteiger partial charge in [0.25, 0.3) is 0 Å². The third kappa shape index (κ3) is 3.16. The molecule has 0 aromatic rings. The summed E-state index contributed by atoms with van der Waals surface area (Å²) in [5.74, 6) is 0.932. The number of nitrogens with zero attached hydrogens (tertiary/aromatic N) is 1. The molecule has 0 bridgehead atoms. The molecule has 0 aromatic heterocycles. The summed E-state index contributed by atoms with van der Waals surface area (Å²) >= 11 is 0. The third-order valence-electron chi connectivity index (χ3n) is 3.74. The Bertz CT molecular complexity index is 198. The average Bonchev–Trinajstić information content (AvgIpc) is 2.78. The lowest BCUT2D eigenvalue weighted by Crippen LogP contribution is -2.36. The SMILES string of the molecule is CCCC1CCN(CC2CC(O)CN2)C1. The number of rotatable bonds is 4. The fourth-order valence-electron chi connectivity index (χ4n) is 2.97. The zero-order valence-electron chi connectivity index (χ0n) is 9.78. The minimum absolute atomic E-state index is 0.107. The van der Waals surface area contributed by atoms with E-state index in [9.17, 15) is 5.11 Å². The highest BCUT2D eigenvalue weighted by molar-refractivity contribution is 4.86. The van der Waals surface area contributed by atoms with Gasteiger partial charge < -0.3 is 15.3 Å². The van der Waals surface area contributed by atoms with E-state index in [-0.39, 0.29) is 6.10 Å². The van der Waals surface area contributed by atoms with Gasteiger partial charge in [-0.3, -0.25) is 0 Å². The van der Waals surface area contributed by atoms with Crippen LogP contribution in [0.25, 0.3) is 0 Å². The molecule has 2 saturated heterocycles. The van der Waals surface area contributed by atoms with Crippen LogP contribution in [0.15, 0.2) is 0 Å². The van der Waals surface area contributed by atoms with Crippen LogP contribution in [-0.2, 0) is 0 Å². The van der Waals surface area contributed by atoms with Gasteiger partial charge in [-0.1, -0.05) is 13.3 Å². The van der Waals surface area contributed by atoms with E-state index in [2.05, 4.69) is 17.1 Å². The summed E-state index contributed by atoms with van der Waals surface area (Å²) in [5.41, 5.74) is 0. The molecule has 2 fully saturated rings. The molecular formula is C12H24N2O. The summed E-state index contributed by atoms with van der Waals surface area (Å²) in [6.07, 6.45) is 4.91. The zero-order chi connectivity index (χ0) is 10.7. The highest BCUT2D eigenvalue weighted by Gasteiger charge is 2.27. The first kappa shape index (κ1) is 11.4. The first-order valence-electron chi connectivity index (χ1n) is 6.41. The van der Waals surface area contributed by atoms with Crippen LogP contribution in [0.3, 0.4) is 0 Å². The molecule has 0 saturated carbocycles. The highest BCUT2D eigenvalue weighted by Crippen LogP contribution is 2.21. The van der Waals surface area contributed by atoms with Gasteiger partial charge in [-0.15, -0.1) is 0 Å². The van der Waals surface area contributed by atoms with Gasteiger partial charge in [0.1, 0.15) is 0 Å². The Kier molecular flexibility index (Phi) is 4.00. The molecule has 2 N–H and O–H groups in total. The van der Waals surface area contributed by atoms with Crippen LogP contribution >= 0.6 is 0 Å². The van der Waals surface area contributed by atoms with E-state index in [0.29, 0.717) is 6.04 Å². The molecule has 88 valence electrons. The fraction of sp³-hybridized carbons (Fsp3) is 1.00. The van der Waals surface area contributed by atoms with Crippen LogP contribution in [0.1, 0.15) is 32.6 Å². The van der Waals surface area contributed by atoms with Crippen molar-refractivity contribution in [3.63, 3.8) is 0 Å². The van der Waals surface area contributed by atoms with Gasteiger partial charge in [0.15, 0.2) is 0 Å². The Morgan fingerprint density at radius 3 is 3.00 bits per heavy atom. The third-order valence-corrected chi connectivity index (χ3v) is 3.74. The van der Waals surface area contributed by atoms with Gasteiger partial charge in [-0.25, -0.2) is 0 Å². The Balaban J connectivity index is 1.68. The van der Waals surface area contributed by atoms with Crippen molar-refractivity contribution < 1.29 is 5.11 Å². The summed E-state index contributed by atoms with van der Waals surface area (Å²) in [6.45, 7) is 6.74. The van der Waals surface area contributed by atoms with E-state index in [1.807, 2.05) is 0 Å². The molecule has 15 heavy (non-hydrogen) atoms. The molecule has 2 rings (SSSR count). The number of likely N-dealkylation sites (tertiary alicyclic amines) is 1. The summed E-state index contributed by atoms with van der Waals surface area (Å²) in [7, 11) is 0. The van der Waals surface area contributed by atoms with Gasteiger partial charge in [-0.2, -0.15) is 0 Å². The molecule has 0 amide bonds. The number of aliphatic hydroxyl groups excluding tert-OH is 1. The van der Waals surface area contributed by atoms with Crippen molar-refractivity contribution in [3.8, 4) is 0 Å². The van der Waals surface area contributed by atoms with E-state index in [0.717, 1.165) is 25.4 Å². The number of hydrogen-bond donors (Lipinski definition) is 2. The van der Waals surface area contributed by atoms with E-state index in [4.69, 9.17) is 0 Å². The molecule has 0 aliphatic carbocycles. The number of β-amino-alcohol motifs (C(OH)–C–C–N with tert-alkyl or cyclic N) is 1. The Morgan fingerprint density at radius 1 is 1.47 bits per heavy atom. The lowest BCUT2D eigenvalue weighted by atomic mass is 10.0. The molecule has 3 unspecified atom stereocenters. The first-order valence-corrected chi connectivity index (χ1v) is 6.41. The minimum atomic E-state index is -0.107. The molecule has 3 heteroatoms. The Morgan fingerprint density at radius 2 is 2.33 bits per heavy atom. The average molecular weight is 212 g/mol. The molecule has 2 aliphatic heterocycles. The first-order chi connectivity index (χ1) is 7.28. The second-order valence-electron chi connectivity index (χ2n) is 5.20. The quantitative estimate of drug-likeness (QED) is 0.724. The molecule has 0 spiro atoms. The van der Waals surface area contributed by atoms with Gasteiger partial charge in [0.2, 0.25) is 0 Å². The van der Waals surface area contributed by atoms with Crippen molar-refractivity contribution in [1.82, 2.24) is 10.2 Å². The molecule has 0 radical (unpaired) electrons. The summed E-state index contributed by atoms with van der Waals surface area (Å²) in [5, 5.41) is 12.8.